The Morgan fingerprint density at radius 1 is 1.24 bits per heavy atom. The Balaban J connectivity index is 1.60. The molecule has 0 aliphatic heterocycles. The Labute approximate surface area is 129 Å². The van der Waals surface area contributed by atoms with Crippen LogP contribution in [0.25, 0.3) is 12.2 Å². The molecule has 3 rings (SSSR count). The molecular formula is C15H12FN3S2. The number of benzene rings is 1. The van der Waals surface area contributed by atoms with Crippen LogP contribution in [-0.2, 0) is 5.75 Å². The van der Waals surface area contributed by atoms with Crippen LogP contribution in [0.2, 0.25) is 0 Å². The van der Waals surface area contributed by atoms with Gasteiger partial charge in [0.1, 0.15) is 11.6 Å². The highest BCUT2D eigenvalue weighted by atomic mass is 32.2. The Morgan fingerprint density at radius 3 is 3.00 bits per heavy atom. The summed E-state index contributed by atoms with van der Waals surface area (Å²) in [5, 5.41) is 9.70. The maximum absolute atomic E-state index is 13.1. The van der Waals surface area contributed by atoms with Crippen LogP contribution < -0.4 is 0 Å². The van der Waals surface area contributed by atoms with Gasteiger partial charge < -0.3 is 0 Å². The Bertz CT molecular complexity index is 735. The molecule has 0 saturated heterocycles. The summed E-state index contributed by atoms with van der Waals surface area (Å²) in [5.74, 6) is 1.14. The maximum Gasteiger partial charge on any atom is 0.209 e. The van der Waals surface area contributed by atoms with E-state index >= 15 is 0 Å². The minimum atomic E-state index is -0.220. The van der Waals surface area contributed by atoms with E-state index in [1.165, 1.54) is 28.8 Å². The van der Waals surface area contributed by atoms with Gasteiger partial charge in [0.25, 0.3) is 0 Å². The zero-order valence-corrected chi connectivity index (χ0v) is 12.6. The second-order valence-electron chi connectivity index (χ2n) is 4.27. The summed E-state index contributed by atoms with van der Waals surface area (Å²) >= 11 is 3.14. The highest BCUT2D eigenvalue weighted by molar-refractivity contribution is 7.98. The number of aromatic nitrogens is 3. The molecule has 6 heteroatoms. The average molecular weight is 317 g/mol. The highest BCUT2D eigenvalue weighted by Gasteiger charge is 2.03. The molecule has 2 aromatic heterocycles. The normalized spacial score (nSPS) is 11.3. The summed E-state index contributed by atoms with van der Waals surface area (Å²) in [6, 6.07) is 10.6. The van der Waals surface area contributed by atoms with Crippen molar-refractivity contribution in [2.24, 2.45) is 0 Å². The molecule has 106 valence electrons. The molecule has 3 aromatic rings. The van der Waals surface area contributed by atoms with E-state index in [9.17, 15) is 4.39 Å². The molecule has 0 unspecified atom stereocenters. The van der Waals surface area contributed by atoms with Crippen molar-refractivity contribution in [3.63, 3.8) is 0 Å². The molecule has 0 radical (unpaired) electrons. The van der Waals surface area contributed by atoms with Gasteiger partial charge in [-0.05, 0) is 41.3 Å². The van der Waals surface area contributed by atoms with Gasteiger partial charge in [0.05, 0.1) is 0 Å². The van der Waals surface area contributed by atoms with Crippen molar-refractivity contribution < 1.29 is 4.39 Å². The molecule has 1 aromatic carbocycles. The Hall–Kier alpha value is -1.92. The molecule has 21 heavy (non-hydrogen) atoms. The van der Waals surface area contributed by atoms with E-state index in [1.54, 1.807) is 17.4 Å². The summed E-state index contributed by atoms with van der Waals surface area (Å²) in [6.07, 6.45) is 3.89. The quantitative estimate of drug-likeness (QED) is 0.706. The topological polar surface area (TPSA) is 41.6 Å². The number of rotatable bonds is 5. The number of halogens is 1. The predicted molar refractivity (Wildman–Crippen MR) is 85.6 cm³/mol. The molecule has 1 N–H and O–H groups in total. The number of hydrogen-bond acceptors (Lipinski definition) is 4. The maximum atomic E-state index is 13.1. The van der Waals surface area contributed by atoms with E-state index in [-0.39, 0.29) is 5.82 Å². The van der Waals surface area contributed by atoms with Crippen LogP contribution in [-0.4, -0.2) is 15.2 Å². The van der Waals surface area contributed by atoms with Crippen molar-refractivity contribution in [2.45, 2.75) is 10.9 Å². The van der Waals surface area contributed by atoms with Gasteiger partial charge in [0.2, 0.25) is 5.16 Å². The summed E-state index contributed by atoms with van der Waals surface area (Å²) < 4.78 is 13.1. The van der Waals surface area contributed by atoms with Gasteiger partial charge in [-0.3, -0.25) is 5.10 Å². The van der Waals surface area contributed by atoms with Crippen LogP contribution >= 0.6 is 23.1 Å². The summed E-state index contributed by atoms with van der Waals surface area (Å²) in [6.45, 7) is 0. The monoisotopic (exact) mass is 317 g/mol. The Kier molecular flexibility index (Phi) is 4.47. The van der Waals surface area contributed by atoms with E-state index in [0.29, 0.717) is 16.7 Å². The second kappa shape index (κ2) is 6.69. The van der Waals surface area contributed by atoms with Crippen LogP contribution in [0.4, 0.5) is 4.39 Å². The molecule has 0 aliphatic carbocycles. The molecule has 0 atom stereocenters. The molecular weight excluding hydrogens is 305 g/mol. The standard InChI is InChI=1S/C15H12FN3S2/c16-12-4-1-3-11(9-12)10-21-15-17-14(18-19-15)7-6-13-5-2-8-20-13/h1-9H,10H2,(H,17,18,19). The molecule has 0 bridgehead atoms. The van der Waals surface area contributed by atoms with E-state index in [2.05, 4.69) is 15.2 Å². The van der Waals surface area contributed by atoms with Crippen LogP contribution in [0.3, 0.4) is 0 Å². The van der Waals surface area contributed by atoms with Crippen molar-refractivity contribution in [1.82, 2.24) is 15.2 Å². The first-order valence-electron chi connectivity index (χ1n) is 6.31. The van der Waals surface area contributed by atoms with Gasteiger partial charge in [0, 0.05) is 10.6 Å². The summed E-state index contributed by atoms with van der Waals surface area (Å²) in [4.78, 5) is 5.53. The third kappa shape index (κ3) is 4.03. The number of H-pyrrole nitrogens is 1. The van der Waals surface area contributed by atoms with Gasteiger partial charge in [-0.25, -0.2) is 9.37 Å². The lowest BCUT2D eigenvalue weighted by Gasteiger charge is -1.97. The molecule has 0 fully saturated rings. The van der Waals surface area contributed by atoms with Crippen molar-refractivity contribution in [3.8, 4) is 0 Å². The number of nitrogens with zero attached hydrogens (tertiary/aromatic N) is 2. The summed E-state index contributed by atoms with van der Waals surface area (Å²) in [5.41, 5.74) is 0.917. The minimum Gasteiger partial charge on any atom is -0.259 e. The highest BCUT2D eigenvalue weighted by Crippen LogP contribution is 2.20. The van der Waals surface area contributed by atoms with Gasteiger partial charge in [-0.2, -0.15) is 0 Å². The fourth-order valence-electron chi connectivity index (χ4n) is 1.72. The molecule has 0 aliphatic rings. The Morgan fingerprint density at radius 2 is 2.19 bits per heavy atom. The number of nitrogens with one attached hydrogen (secondary N) is 1. The lowest BCUT2D eigenvalue weighted by Crippen LogP contribution is -1.83. The summed E-state index contributed by atoms with van der Waals surface area (Å²) in [7, 11) is 0. The van der Waals surface area contributed by atoms with E-state index < -0.39 is 0 Å². The first-order chi connectivity index (χ1) is 10.3. The fourth-order valence-corrected chi connectivity index (χ4v) is 3.09. The van der Waals surface area contributed by atoms with Gasteiger partial charge in [0.15, 0.2) is 0 Å². The van der Waals surface area contributed by atoms with E-state index in [4.69, 9.17) is 0 Å². The minimum absolute atomic E-state index is 0.220. The third-order valence-electron chi connectivity index (χ3n) is 2.69. The fraction of sp³-hybridized carbons (Fsp3) is 0.0667. The molecule has 0 saturated carbocycles. The van der Waals surface area contributed by atoms with Crippen LogP contribution in [0.1, 0.15) is 16.3 Å². The van der Waals surface area contributed by atoms with Gasteiger partial charge >= 0.3 is 0 Å². The SMILES string of the molecule is Fc1cccc(CSc2n[nH]c(C=Cc3cccs3)n2)c1. The van der Waals surface area contributed by atoms with Crippen molar-refractivity contribution in [3.05, 3.63) is 63.9 Å². The predicted octanol–water partition coefficient (Wildman–Crippen LogP) is 4.47. The smallest absolute Gasteiger partial charge is 0.209 e. The lowest BCUT2D eigenvalue weighted by atomic mass is 10.2. The number of aromatic amines is 1. The van der Waals surface area contributed by atoms with Gasteiger partial charge in [-0.15, -0.1) is 16.4 Å². The second-order valence-corrected chi connectivity index (χ2v) is 6.19. The number of thiophene rings is 1. The zero-order valence-electron chi connectivity index (χ0n) is 11.0. The lowest BCUT2D eigenvalue weighted by molar-refractivity contribution is 0.626. The van der Waals surface area contributed by atoms with Crippen molar-refractivity contribution in [1.29, 1.82) is 0 Å². The molecule has 2 heterocycles. The van der Waals surface area contributed by atoms with Gasteiger partial charge in [-0.1, -0.05) is 30.0 Å². The number of hydrogen-bond donors (Lipinski definition) is 1. The zero-order chi connectivity index (χ0) is 14.5. The van der Waals surface area contributed by atoms with Crippen LogP contribution in [0.5, 0.6) is 0 Å². The van der Waals surface area contributed by atoms with E-state index in [0.717, 1.165) is 5.56 Å². The molecule has 0 spiro atoms. The molecule has 0 amide bonds. The average Bonchev–Trinajstić information content (AvgIpc) is 3.15. The first kappa shape index (κ1) is 14.0. The van der Waals surface area contributed by atoms with Crippen molar-refractivity contribution in [2.75, 3.05) is 0 Å². The third-order valence-corrected chi connectivity index (χ3v) is 4.44. The first-order valence-corrected chi connectivity index (χ1v) is 8.17. The van der Waals surface area contributed by atoms with Crippen molar-refractivity contribution >= 4 is 35.3 Å². The van der Waals surface area contributed by atoms with Crippen LogP contribution in [0, 0.1) is 5.82 Å². The largest absolute Gasteiger partial charge is 0.259 e. The molecule has 3 nitrogen and oxygen atoms in total. The number of thioether (sulfide) groups is 1. The van der Waals surface area contributed by atoms with E-state index in [1.807, 2.05) is 35.7 Å². The van der Waals surface area contributed by atoms with Crippen LogP contribution in [0.15, 0.2) is 46.9 Å².